The summed E-state index contributed by atoms with van der Waals surface area (Å²) in [5, 5.41) is 35.4. The Hall–Kier alpha value is -1.70. The highest BCUT2D eigenvalue weighted by Gasteiger charge is 2.43. The molecule has 26 heavy (non-hydrogen) atoms. The first kappa shape index (κ1) is 20.6. The third-order valence-electron chi connectivity index (χ3n) is 5.50. The van der Waals surface area contributed by atoms with Crippen LogP contribution in [-0.2, 0) is 6.42 Å². The number of aliphatic hydroxyl groups excluding tert-OH is 3. The fourth-order valence-electron chi connectivity index (χ4n) is 4.03. The van der Waals surface area contributed by atoms with E-state index in [0.717, 1.165) is 12.0 Å². The lowest BCUT2D eigenvalue weighted by molar-refractivity contribution is 0.0509. The summed E-state index contributed by atoms with van der Waals surface area (Å²) in [6.07, 6.45) is 1.32. The van der Waals surface area contributed by atoms with E-state index in [1.54, 1.807) is 0 Å². The van der Waals surface area contributed by atoms with Gasteiger partial charge in [0.15, 0.2) is 0 Å². The van der Waals surface area contributed by atoms with Gasteiger partial charge >= 0.3 is 0 Å². The van der Waals surface area contributed by atoms with Crippen LogP contribution in [0.1, 0.15) is 37.7 Å². The van der Waals surface area contributed by atoms with E-state index in [1.807, 2.05) is 30.3 Å². The fraction of sp³-hybridized carbons (Fsp3) is 0.684. The third kappa shape index (κ3) is 5.65. The molecule has 0 heterocycles. The van der Waals surface area contributed by atoms with Crippen molar-refractivity contribution in [1.82, 2.24) is 0 Å². The average molecular weight is 364 g/mol. The molecule has 0 saturated heterocycles. The zero-order valence-electron chi connectivity index (χ0n) is 14.9. The molecule has 3 N–H and O–H groups in total. The lowest BCUT2D eigenvalue weighted by atomic mass is 9.83. The summed E-state index contributed by atoms with van der Waals surface area (Å²) in [4.78, 5) is 22.2. The molecule has 144 valence electrons. The second-order valence-electron chi connectivity index (χ2n) is 7.24. The molecule has 1 saturated carbocycles. The van der Waals surface area contributed by atoms with Gasteiger partial charge < -0.3 is 15.3 Å². The van der Waals surface area contributed by atoms with Crippen LogP contribution in [0.4, 0.5) is 0 Å². The van der Waals surface area contributed by atoms with E-state index in [1.165, 1.54) is 0 Å². The fourth-order valence-corrected chi connectivity index (χ4v) is 4.03. The van der Waals surface area contributed by atoms with Crippen LogP contribution >= 0.6 is 0 Å². The van der Waals surface area contributed by atoms with Crippen molar-refractivity contribution in [3.05, 3.63) is 45.7 Å². The molecule has 7 heteroatoms. The average Bonchev–Trinajstić information content (AvgIpc) is 2.97. The molecule has 0 aromatic heterocycles. The van der Waals surface area contributed by atoms with Crippen molar-refractivity contribution in [1.29, 1.82) is 0 Å². The molecule has 1 fully saturated rings. The lowest BCUT2D eigenvalue weighted by Gasteiger charge is -2.25. The largest absolute Gasteiger partial charge is 0.394 e. The van der Waals surface area contributed by atoms with Gasteiger partial charge in [-0.3, -0.25) is 0 Å². The molecule has 0 spiro atoms. The molecular formula is C19H28N2O5. The van der Waals surface area contributed by atoms with Crippen LogP contribution in [0.2, 0.25) is 0 Å². The van der Waals surface area contributed by atoms with Crippen LogP contribution in [0.5, 0.6) is 0 Å². The van der Waals surface area contributed by atoms with Crippen LogP contribution in [0.15, 0.2) is 40.7 Å². The van der Waals surface area contributed by atoms with Gasteiger partial charge in [0.2, 0.25) is 0 Å². The summed E-state index contributed by atoms with van der Waals surface area (Å²) in [6.45, 7) is -0.388. The minimum atomic E-state index is -0.935. The number of hydrogen-bond donors (Lipinski definition) is 3. The summed E-state index contributed by atoms with van der Waals surface area (Å²) in [6, 6.07) is 8.95. The summed E-state index contributed by atoms with van der Waals surface area (Å²) in [5.74, 6) is -0.508. The first-order valence-electron chi connectivity index (χ1n) is 9.24. The molecule has 1 aliphatic carbocycles. The first-order valence-corrected chi connectivity index (χ1v) is 9.24. The molecule has 2 rings (SSSR count). The Balaban J connectivity index is 1.90. The minimum absolute atomic E-state index is 0.220. The van der Waals surface area contributed by atoms with Gasteiger partial charge in [0.25, 0.3) is 0 Å². The van der Waals surface area contributed by atoms with Crippen molar-refractivity contribution >= 4 is 0 Å². The molecule has 6 atom stereocenters. The normalized spacial score (nSPS) is 27.8. The van der Waals surface area contributed by atoms with Crippen LogP contribution in [0.25, 0.3) is 0 Å². The van der Waals surface area contributed by atoms with Gasteiger partial charge in [-0.2, -0.15) is 9.81 Å². The smallest absolute Gasteiger partial charge is 0.0977 e. The first-order chi connectivity index (χ1) is 12.6. The maximum Gasteiger partial charge on any atom is 0.0977 e. The van der Waals surface area contributed by atoms with Crippen molar-refractivity contribution in [3.8, 4) is 0 Å². The third-order valence-corrected chi connectivity index (χ3v) is 5.50. The monoisotopic (exact) mass is 364 g/mol. The SMILES string of the molecule is O=N[C@@H](CCc1ccccc1)CC[C@@H]1[C@@H](CC(O)CO)[C@@H](N=O)C[C@H]1O. The Kier molecular flexibility index (Phi) is 8.28. The summed E-state index contributed by atoms with van der Waals surface area (Å²) in [5.41, 5.74) is 1.15. The van der Waals surface area contributed by atoms with Crippen molar-refractivity contribution in [2.75, 3.05) is 6.61 Å². The van der Waals surface area contributed by atoms with E-state index >= 15 is 0 Å². The Morgan fingerprint density at radius 2 is 1.85 bits per heavy atom. The van der Waals surface area contributed by atoms with Crippen LogP contribution < -0.4 is 0 Å². The minimum Gasteiger partial charge on any atom is -0.394 e. The van der Waals surface area contributed by atoms with Crippen molar-refractivity contribution in [2.24, 2.45) is 22.2 Å². The van der Waals surface area contributed by atoms with Crippen molar-refractivity contribution in [3.63, 3.8) is 0 Å². The highest BCUT2D eigenvalue weighted by Crippen LogP contribution is 2.40. The quantitative estimate of drug-likeness (QED) is 0.521. The van der Waals surface area contributed by atoms with E-state index < -0.39 is 18.2 Å². The number of nitroso groups, excluding NO2 is 2. The van der Waals surface area contributed by atoms with E-state index in [4.69, 9.17) is 5.11 Å². The predicted octanol–water partition coefficient (Wildman–Crippen LogP) is 2.41. The van der Waals surface area contributed by atoms with Gasteiger partial charge in [-0.05, 0) is 55.9 Å². The second kappa shape index (κ2) is 10.4. The summed E-state index contributed by atoms with van der Waals surface area (Å²) < 4.78 is 0. The van der Waals surface area contributed by atoms with E-state index in [0.29, 0.717) is 19.3 Å². The number of aryl methyl sites for hydroxylation is 1. The number of benzene rings is 1. The Morgan fingerprint density at radius 3 is 2.46 bits per heavy atom. The number of aliphatic hydroxyl groups is 3. The zero-order valence-corrected chi connectivity index (χ0v) is 14.9. The number of rotatable bonds is 11. The van der Waals surface area contributed by atoms with Crippen molar-refractivity contribution < 1.29 is 15.3 Å². The highest BCUT2D eigenvalue weighted by atomic mass is 16.3. The van der Waals surface area contributed by atoms with Gasteiger partial charge in [-0.15, -0.1) is 0 Å². The summed E-state index contributed by atoms with van der Waals surface area (Å²) >= 11 is 0. The van der Waals surface area contributed by atoms with E-state index in [-0.39, 0.29) is 37.3 Å². The van der Waals surface area contributed by atoms with Gasteiger partial charge in [-0.1, -0.05) is 40.7 Å². The molecule has 1 unspecified atom stereocenters. The molecule has 0 amide bonds. The lowest BCUT2D eigenvalue weighted by Crippen LogP contribution is -2.28. The molecule has 1 aliphatic rings. The van der Waals surface area contributed by atoms with Crippen LogP contribution in [0.3, 0.4) is 0 Å². The number of hydrogen-bond acceptors (Lipinski definition) is 7. The summed E-state index contributed by atoms with van der Waals surface area (Å²) in [7, 11) is 0. The molecule has 0 bridgehead atoms. The second-order valence-corrected chi connectivity index (χ2v) is 7.24. The van der Waals surface area contributed by atoms with Crippen LogP contribution in [0, 0.1) is 21.6 Å². The van der Waals surface area contributed by atoms with E-state index in [2.05, 4.69) is 10.4 Å². The standard InChI is InChI=1S/C19H28N2O5/c22-12-15(23)10-17-16(19(24)11-18(17)21-26)9-8-14(20-25)7-6-13-4-2-1-3-5-13/h1-5,14-19,22-24H,6-12H2/t14-,15?,16+,17+,18-,19+/m0/s1. The maximum atomic E-state index is 11.2. The van der Waals surface area contributed by atoms with Gasteiger partial charge in [0, 0.05) is 0 Å². The molecular weight excluding hydrogens is 336 g/mol. The zero-order chi connectivity index (χ0) is 18.9. The highest BCUT2D eigenvalue weighted by molar-refractivity contribution is 5.14. The maximum absolute atomic E-state index is 11.2. The molecule has 1 aromatic carbocycles. The predicted molar refractivity (Wildman–Crippen MR) is 98.5 cm³/mol. The Bertz CT molecular complexity index is 556. The molecule has 0 radical (unpaired) electrons. The van der Waals surface area contributed by atoms with Gasteiger partial charge in [-0.25, -0.2) is 0 Å². The van der Waals surface area contributed by atoms with Gasteiger partial charge in [0.1, 0.15) is 0 Å². The van der Waals surface area contributed by atoms with Crippen LogP contribution in [-0.4, -0.2) is 46.2 Å². The Morgan fingerprint density at radius 1 is 1.12 bits per heavy atom. The van der Waals surface area contributed by atoms with Gasteiger partial charge in [0.05, 0.1) is 30.9 Å². The molecule has 7 nitrogen and oxygen atoms in total. The van der Waals surface area contributed by atoms with E-state index in [9.17, 15) is 20.0 Å². The Labute approximate surface area is 153 Å². The molecule has 1 aromatic rings. The number of nitrogens with zero attached hydrogens (tertiary/aromatic N) is 2. The molecule has 0 aliphatic heterocycles. The van der Waals surface area contributed by atoms with Crippen molar-refractivity contribution in [2.45, 2.75) is 62.8 Å². The topological polar surface area (TPSA) is 120 Å².